The predicted molar refractivity (Wildman–Crippen MR) is 84.1 cm³/mol. The predicted octanol–water partition coefficient (Wildman–Crippen LogP) is 4.94. The highest BCUT2D eigenvalue weighted by Crippen LogP contribution is 2.18. The summed E-state index contributed by atoms with van der Waals surface area (Å²) in [6, 6.07) is 9.26. The first-order chi connectivity index (χ1) is 8.77. The molecule has 0 aliphatic rings. The molecule has 1 aromatic rings. The Morgan fingerprint density at radius 3 is 2.56 bits per heavy atom. The zero-order chi connectivity index (χ0) is 13.2. The molecule has 0 aromatic heterocycles. The van der Waals surface area contributed by atoms with E-state index in [-0.39, 0.29) is 0 Å². The summed E-state index contributed by atoms with van der Waals surface area (Å²) in [6.07, 6.45) is 7.53. The summed E-state index contributed by atoms with van der Waals surface area (Å²) in [4.78, 5) is 0. The van der Waals surface area contributed by atoms with Crippen molar-refractivity contribution in [1.29, 1.82) is 0 Å². The van der Waals surface area contributed by atoms with Crippen LogP contribution in [0.1, 0.15) is 51.5 Å². The van der Waals surface area contributed by atoms with Crippen LogP contribution in [0.15, 0.2) is 28.7 Å². The van der Waals surface area contributed by atoms with Gasteiger partial charge in [-0.3, -0.25) is 0 Å². The van der Waals surface area contributed by atoms with E-state index < -0.39 is 0 Å². The highest BCUT2D eigenvalue weighted by atomic mass is 79.9. The fourth-order valence-corrected chi connectivity index (χ4v) is 2.77. The van der Waals surface area contributed by atoms with E-state index in [0.717, 1.165) is 6.54 Å². The molecule has 102 valence electrons. The summed E-state index contributed by atoms with van der Waals surface area (Å²) >= 11 is 3.62. The number of aryl methyl sites for hydroxylation is 1. The average molecular weight is 312 g/mol. The van der Waals surface area contributed by atoms with E-state index in [1.807, 2.05) is 0 Å². The third-order valence-corrected chi connectivity index (χ3v) is 4.05. The van der Waals surface area contributed by atoms with Gasteiger partial charge in [0.25, 0.3) is 0 Å². The van der Waals surface area contributed by atoms with Crippen LogP contribution in [0.3, 0.4) is 0 Å². The first-order valence-corrected chi connectivity index (χ1v) is 8.04. The van der Waals surface area contributed by atoms with Gasteiger partial charge in [-0.25, -0.2) is 0 Å². The molecule has 0 radical (unpaired) electrons. The number of hydrogen-bond acceptors (Lipinski definition) is 1. The Labute approximate surface area is 120 Å². The SMILES string of the molecule is CCCNC(CCC)CCCc1ccccc1Br. The summed E-state index contributed by atoms with van der Waals surface area (Å²) in [6.45, 7) is 5.66. The molecule has 1 atom stereocenters. The van der Waals surface area contributed by atoms with Crippen molar-refractivity contribution in [2.45, 2.75) is 58.4 Å². The Bertz CT molecular complexity index is 325. The van der Waals surface area contributed by atoms with Gasteiger partial charge in [0, 0.05) is 10.5 Å². The molecule has 1 nitrogen and oxygen atoms in total. The minimum Gasteiger partial charge on any atom is -0.314 e. The van der Waals surface area contributed by atoms with E-state index in [1.165, 1.54) is 48.6 Å². The van der Waals surface area contributed by atoms with E-state index in [0.29, 0.717) is 6.04 Å². The molecule has 0 fully saturated rings. The van der Waals surface area contributed by atoms with Gasteiger partial charge >= 0.3 is 0 Å². The van der Waals surface area contributed by atoms with Gasteiger partial charge in [-0.15, -0.1) is 0 Å². The summed E-state index contributed by atoms with van der Waals surface area (Å²) < 4.78 is 1.25. The van der Waals surface area contributed by atoms with Crippen molar-refractivity contribution in [1.82, 2.24) is 5.32 Å². The quantitative estimate of drug-likeness (QED) is 0.681. The van der Waals surface area contributed by atoms with Crippen molar-refractivity contribution in [3.05, 3.63) is 34.3 Å². The van der Waals surface area contributed by atoms with E-state index in [4.69, 9.17) is 0 Å². The Balaban J connectivity index is 2.31. The number of hydrogen-bond donors (Lipinski definition) is 1. The third-order valence-electron chi connectivity index (χ3n) is 3.28. The molecular formula is C16H26BrN. The Hall–Kier alpha value is -0.340. The topological polar surface area (TPSA) is 12.0 Å². The van der Waals surface area contributed by atoms with E-state index >= 15 is 0 Å². The number of rotatable bonds is 9. The minimum absolute atomic E-state index is 0.706. The molecule has 0 saturated carbocycles. The van der Waals surface area contributed by atoms with Crippen molar-refractivity contribution in [3.63, 3.8) is 0 Å². The highest BCUT2D eigenvalue weighted by Gasteiger charge is 2.06. The van der Waals surface area contributed by atoms with Crippen LogP contribution in [0, 0.1) is 0 Å². The molecule has 0 amide bonds. The average Bonchev–Trinajstić information content (AvgIpc) is 2.38. The largest absolute Gasteiger partial charge is 0.314 e. The van der Waals surface area contributed by atoms with Crippen LogP contribution in [0.2, 0.25) is 0 Å². The van der Waals surface area contributed by atoms with Gasteiger partial charge in [0.05, 0.1) is 0 Å². The fourth-order valence-electron chi connectivity index (χ4n) is 2.29. The van der Waals surface area contributed by atoms with Gasteiger partial charge in [-0.2, -0.15) is 0 Å². The molecule has 0 saturated heterocycles. The lowest BCUT2D eigenvalue weighted by molar-refractivity contribution is 0.437. The first-order valence-electron chi connectivity index (χ1n) is 7.24. The number of halogens is 1. The normalized spacial score (nSPS) is 12.6. The summed E-state index contributed by atoms with van der Waals surface area (Å²) in [5.41, 5.74) is 1.43. The van der Waals surface area contributed by atoms with Crippen molar-refractivity contribution < 1.29 is 0 Å². The van der Waals surface area contributed by atoms with Crippen molar-refractivity contribution in [2.24, 2.45) is 0 Å². The Morgan fingerprint density at radius 1 is 1.11 bits per heavy atom. The van der Waals surface area contributed by atoms with Gasteiger partial charge in [-0.05, 0) is 50.3 Å². The lowest BCUT2D eigenvalue weighted by atomic mass is 10.0. The van der Waals surface area contributed by atoms with Crippen LogP contribution in [-0.4, -0.2) is 12.6 Å². The molecule has 18 heavy (non-hydrogen) atoms. The van der Waals surface area contributed by atoms with Crippen LogP contribution >= 0.6 is 15.9 Å². The highest BCUT2D eigenvalue weighted by molar-refractivity contribution is 9.10. The van der Waals surface area contributed by atoms with Crippen molar-refractivity contribution in [2.75, 3.05) is 6.54 Å². The Morgan fingerprint density at radius 2 is 1.89 bits per heavy atom. The zero-order valence-corrected chi connectivity index (χ0v) is 13.3. The molecule has 0 aliphatic heterocycles. The molecule has 0 spiro atoms. The second-order valence-electron chi connectivity index (χ2n) is 4.92. The third kappa shape index (κ3) is 6.01. The molecule has 0 bridgehead atoms. The maximum atomic E-state index is 3.66. The number of benzene rings is 1. The van der Waals surface area contributed by atoms with Gasteiger partial charge in [-0.1, -0.05) is 54.4 Å². The number of nitrogens with one attached hydrogen (secondary N) is 1. The second-order valence-corrected chi connectivity index (χ2v) is 5.78. The molecule has 1 unspecified atom stereocenters. The van der Waals surface area contributed by atoms with Gasteiger partial charge in [0.15, 0.2) is 0 Å². The van der Waals surface area contributed by atoms with Crippen molar-refractivity contribution in [3.8, 4) is 0 Å². The van der Waals surface area contributed by atoms with E-state index in [2.05, 4.69) is 59.4 Å². The maximum absolute atomic E-state index is 3.66. The van der Waals surface area contributed by atoms with Gasteiger partial charge < -0.3 is 5.32 Å². The van der Waals surface area contributed by atoms with Crippen LogP contribution in [0.4, 0.5) is 0 Å². The van der Waals surface area contributed by atoms with Gasteiger partial charge in [0.2, 0.25) is 0 Å². The fraction of sp³-hybridized carbons (Fsp3) is 0.625. The minimum atomic E-state index is 0.706. The summed E-state index contributed by atoms with van der Waals surface area (Å²) in [7, 11) is 0. The standard InChI is InChI=1S/C16H26BrN/c1-3-8-15(18-13-4-2)11-7-10-14-9-5-6-12-16(14)17/h5-6,9,12,15,18H,3-4,7-8,10-11,13H2,1-2H3. The molecule has 2 heteroatoms. The van der Waals surface area contributed by atoms with E-state index in [9.17, 15) is 0 Å². The first kappa shape index (κ1) is 15.7. The molecule has 0 aliphatic carbocycles. The smallest absolute Gasteiger partial charge is 0.0207 e. The molecule has 1 N–H and O–H groups in total. The van der Waals surface area contributed by atoms with Crippen LogP contribution in [0.5, 0.6) is 0 Å². The maximum Gasteiger partial charge on any atom is 0.0207 e. The van der Waals surface area contributed by atoms with Crippen LogP contribution < -0.4 is 5.32 Å². The van der Waals surface area contributed by atoms with Crippen LogP contribution in [0.25, 0.3) is 0 Å². The Kier molecular flexibility index (Phi) is 8.36. The van der Waals surface area contributed by atoms with Gasteiger partial charge in [0.1, 0.15) is 0 Å². The van der Waals surface area contributed by atoms with Crippen molar-refractivity contribution >= 4 is 15.9 Å². The molecular weight excluding hydrogens is 286 g/mol. The molecule has 1 rings (SSSR count). The van der Waals surface area contributed by atoms with Crippen LogP contribution in [-0.2, 0) is 6.42 Å². The zero-order valence-electron chi connectivity index (χ0n) is 11.7. The lowest BCUT2D eigenvalue weighted by Crippen LogP contribution is -2.29. The monoisotopic (exact) mass is 311 g/mol. The summed E-state index contributed by atoms with van der Waals surface area (Å²) in [5.74, 6) is 0. The summed E-state index contributed by atoms with van der Waals surface area (Å²) in [5, 5.41) is 3.66. The second kappa shape index (κ2) is 9.57. The molecule has 1 aromatic carbocycles. The lowest BCUT2D eigenvalue weighted by Gasteiger charge is -2.17. The molecule has 0 heterocycles. The van der Waals surface area contributed by atoms with E-state index in [1.54, 1.807) is 0 Å².